The minimum atomic E-state index is -1.18. The zero-order valence-electron chi connectivity index (χ0n) is 24.9. The van der Waals surface area contributed by atoms with E-state index in [4.69, 9.17) is 9.47 Å². The molecule has 0 saturated heterocycles. The molecule has 0 saturated carbocycles. The second-order valence-corrected chi connectivity index (χ2v) is 11.5. The van der Waals surface area contributed by atoms with Crippen LogP contribution in [0.3, 0.4) is 0 Å². The Kier molecular flexibility index (Phi) is 11.5. The van der Waals surface area contributed by atoms with Gasteiger partial charge in [-0.2, -0.15) is 0 Å². The number of benzene rings is 3. The lowest BCUT2D eigenvalue weighted by atomic mass is 10.1. The van der Waals surface area contributed by atoms with Crippen LogP contribution in [0.25, 0.3) is 11.1 Å². The molecule has 230 valence electrons. The van der Waals surface area contributed by atoms with Crippen molar-refractivity contribution in [2.45, 2.75) is 44.8 Å². The molecule has 0 fully saturated rings. The van der Waals surface area contributed by atoms with E-state index in [0.717, 1.165) is 0 Å². The number of thioether (sulfide) groups is 1. The van der Waals surface area contributed by atoms with Crippen molar-refractivity contribution in [3.63, 3.8) is 0 Å². The minimum Gasteiger partial charge on any atom is -0.489 e. The van der Waals surface area contributed by atoms with Crippen LogP contribution in [0.15, 0.2) is 65.6 Å². The Morgan fingerprint density at radius 3 is 2.19 bits per heavy atom. The van der Waals surface area contributed by atoms with E-state index in [1.807, 2.05) is 0 Å². The van der Waals surface area contributed by atoms with Crippen molar-refractivity contribution in [2.24, 2.45) is 0 Å². The molecule has 11 heteroatoms. The smallest absolute Gasteiger partial charge is 0.410 e. The van der Waals surface area contributed by atoms with Gasteiger partial charge in [0.25, 0.3) is 5.91 Å². The zero-order valence-corrected chi connectivity index (χ0v) is 25.7. The Balaban J connectivity index is 1.68. The summed E-state index contributed by atoms with van der Waals surface area (Å²) >= 11 is 1.32. The number of carbonyl (C=O) groups excluding carboxylic acids is 2. The van der Waals surface area contributed by atoms with Crippen molar-refractivity contribution >= 4 is 29.7 Å². The summed E-state index contributed by atoms with van der Waals surface area (Å²) in [4.78, 5) is 40.5. The topological polar surface area (TPSA) is 96.4 Å². The third kappa shape index (κ3) is 9.71. The van der Waals surface area contributed by atoms with Crippen LogP contribution >= 0.6 is 11.8 Å². The number of hydrogen-bond acceptors (Lipinski definition) is 6. The highest BCUT2D eigenvalue weighted by Gasteiger charge is 2.24. The highest BCUT2D eigenvalue weighted by atomic mass is 32.2. The molecule has 3 rings (SSSR count). The number of rotatable bonds is 12. The Bertz CT molecular complexity index is 1440. The average Bonchev–Trinajstić information content (AvgIpc) is 2.96. The molecule has 3 aromatic rings. The van der Waals surface area contributed by atoms with Crippen molar-refractivity contribution in [1.29, 1.82) is 0 Å². The molecule has 0 aliphatic carbocycles. The maximum atomic E-state index is 13.9. The molecule has 0 aliphatic rings. The van der Waals surface area contributed by atoms with Crippen molar-refractivity contribution in [1.82, 2.24) is 9.80 Å². The average molecular weight is 615 g/mol. The summed E-state index contributed by atoms with van der Waals surface area (Å²) < 4.78 is 38.8. The monoisotopic (exact) mass is 614 g/mol. The molecule has 0 aromatic heterocycles. The van der Waals surface area contributed by atoms with Crippen LogP contribution in [0, 0.1) is 11.6 Å². The fourth-order valence-corrected chi connectivity index (χ4v) is 4.78. The number of likely N-dealkylation sites (N-methyl/N-ethyl adjacent to an activating group) is 1. The number of aliphatic carboxylic acids is 1. The lowest BCUT2D eigenvalue weighted by Crippen LogP contribution is -2.44. The first-order chi connectivity index (χ1) is 20.3. The SMILES string of the molecule is CCN(CCN(CC(=O)O)C(=O)c1cccc(COc2ccc(-c3cc(F)c(F)cc3SC)cc2)c1)C(=O)OC(C)(C)C. The highest BCUT2D eigenvalue weighted by molar-refractivity contribution is 7.98. The minimum absolute atomic E-state index is 0.00149. The van der Waals surface area contributed by atoms with Crippen LogP contribution in [0.1, 0.15) is 43.6 Å². The first-order valence-electron chi connectivity index (χ1n) is 13.7. The predicted octanol–water partition coefficient (Wildman–Crippen LogP) is 6.72. The number of carboxylic acids is 1. The summed E-state index contributed by atoms with van der Waals surface area (Å²) in [6, 6.07) is 16.0. The van der Waals surface area contributed by atoms with Gasteiger partial charge in [0.15, 0.2) is 11.6 Å². The van der Waals surface area contributed by atoms with E-state index in [-0.39, 0.29) is 25.3 Å². The summed E-state index contributed by atoms with van der Waals surface area (Å²) in [6.07, 6.45) is 1.25. The lowest BCUT2D eigenvalue weighted by molar-refractivity contribution is -0.137. The first kappa shape index (κ1) is 33.4. The normalized spacial score (nSPS) is 11.1. The number of halogens is 2. The van der Waals surface area contributed by atoms with Gasteiger partial charge in [-0.05, 0) is 87.0 Å². The van der Waals surface area contributed by atoms with Gasteiger partial charge in [-0.1, -0.05) is 24.3 Å². The molecule has 0 unspecified atom stereocenters. The quantitative estimate of drug-likeness (QED) is 0.226. The fraction of sp³-hybridized carbons (Fsp3) is 0.344. The highest BCUT2D eigenvalue weighted by Crippen LogP contribution is 2.33. The summed E-state index contributed by atoms with van der Waals surface area (Å²) in [5.41, 5.74) is 1.55. The van der Waals surface area contributed by atoms with Gasteiger partial charge in [0.05, 0.1) is 0 Å². The maximum absolute atomic E-state index is 13.9. The molecule has 43 heavy (non-hydrogen) atoms. The Labute approximate surface area is 254 Å². The van der Waals surface area contributed by atoms with Gasteiger partial charge < -0.3 is 24.4 Å². The second kappa shape index (κ2) is 14.9. The van der Waals surface area contributed by atoms with Gasteiger partial charge >= 0.3 is 12.1 Å². The van der Waals surface area contributed by atoms with Crippen molar-refractivity contribution < 1.29 is 37.7 Å². The number of hydrogen-bond donors (Lipinski definition) is 1. The molecule has 2 amide bonds. The molecule has 8 nitrogen and oxygen atoms in total. The molecule has 1 N–H and O–H groups in total. The van der Waals surface area contributed by atoms with E-state index < -0.39 is 41.7 Å². The predicted molar refractivity (Wildman–Crippen MR) is 161 cm³/mol. The molecule has 0 aliphatic heterocycles. The zero-order chi connectivity index (χ0) is 31.7. The molecule has 0 bridgehead atoms. The summed E-state index contributed by atoms with van der Waals surface area (Å²) in [6.45, 7) is 7.06. The standard InChI is InChI=1S/C32H36F2N2O6S/c1-6-35(31(40)42-32(2,3)4)14-15-36(19-29(37)38)30(39)23-9-7-8-21(16-23)20-41-24-12-10-22(11-13-24)25-17-26(33)27(34)18-28(25)43-5/h7-13,16-18H,6,14-15,19-20H2,1-5H3,(H,37,38). The fourth-order valence-electron chi connectivity index (χ4n) is 4.16. The molecular formula is C32H36F2N2O6S. The molecule has 0 atom stereocenters. The Hall–Kier alpha value is -4.12. The third-order valence-electron chi connectivity index (χ3n) is 6.27. The molecule has 0 radical (unpaired) electrons. The van der Waals surface area contributed by atoms with Crippen LogP contribution in [0.4, 0.5) is 13.6 Å². The van der Waals surface area contributed by atoms with Crippen LogP contribution in [0.2, 0.25) is 0 Å². The van der Waals surface area contributed by atoms with Gasteiger partial charge in [-0.15, -0.1) is 11.8 Å². The largest absolute Gasteiger partial charge is 0.489 e. The van der Waals surface area contributed by atoms with E-state index in [1.54, 1.807) is 82.5 Å². The molecule has 0 heterocycles. The number of carbonyl (C=O) groups is 3. The van der Waals surface area contributed by atoms with Crippen LogP contribution in [-0.4, -0.2) is 70.9 Å². The van der Waals surface area contributed by atoms with Gasteiger partial charge in [0.1, 0.15) is 24.5 Å². The Morgan fingerprint density at radius 1 is 0.930 bits per heavy atom. The van der Waals surface area contributed by atoms with E-state index in [0.29, 0.717) is 33.9 Å². The van der Waals surface area contributed by atoms with Gasteiger partial charge in [0, 0.05) is 30.1 Å². The van der Waals surface area contributed by atoms with Gasteiger partial charge in [0.2, 0.25) is 0 Å². The van der Waals surface area contributed by atoms with Crippen LogP contribution < -0.4 is 4.74 Å². The molecule has 3 aromatic carbocycles. The molecular weight excluding hydrogens is 578 g/mol. The van der Waals surface area contributed by atoms with Crippen molar-refractivity contribution in [2.75, 3.05) is 32.4 Å². The van der Waals surface area contributed by atoms with E-state index in [2.05, 4.69) is 0 Å². The Morgan fingerprint density at radius 2 is 1.58 bits per heavy atom. The van der Waals surface area contributed by atoms with E-state index in [1.165, 1.54) is 33.7 Å². The summed E-state index contributed by atoms with van der Waals surface area (Å²) in [7, 11) is 0. The van der Waals surface area contributed by atoms with Crippen molar-refractivity contribution in [3.8, 4) is 16.9 Å². The summed E-state index contributed by atoms with van der Waals surface area (Å²) in [5.74, 6) is -2.96. The molecule has 0 spiro atoms. The van der Waals surface area contributed by atoms with E-state index >= 15 is 0 Å². The number of amides is 2. The van der Waals surface area contributed by atoms with Crippen LogP contribution in [-0.2, 0) is 16.1 Å². The maximum Gasteiger partial charge on any atom is 0.410 e. The first-order valence-corrected chi connectivity index (χ1v) is 14.9. The van der Waals surface area contributed by atoms with Crippen molar-refractivity contribution in [3.05, 3.63) is 83.4 Å². The van der Waals surface area contributed by atoms with Gasteiger partial charge in [-0.25, -0.2) is 13.6 Å². The van der Waals surface area contributed by atoms with E-state index in [9.17, 15) is 28.3 Å². The number of nitrogens with zero attached hydrogens (tertiary/aromatic N) is 2. The summed E-state index contributed by atoms with van der Waals surface area (Å²) in [5, 5.41) is 9.42. The number of carboxylic acid groups (broad SMARTS) is 1. The third-order valence-corrected chi connectivity index (χ3v) is 7.05. The number of ether oxygens (including phenoxy) is 2. The van der Waals surface area contributed by atoms with Crippen LogP contribution in [0.5, 0.6) is 5.75 Å². The van der Waals surface area contributed by atoms with Gasteiger partial charge in [-0.3, -0.25) is 9.59 Å². The lowest BCUT2D eigenvalue weighted by Gasteiger charge is -2.29. The second-order valence-electron chi connectivity index (χ2n) is 10.7.